The Morgan fingerprint density at radius 2 is 1.83 bits per heavy atom. The third-order valence-electron chi connectivity index (χ3n) is 3.26. The number of hydrogen-bond acceptors (Lipinski definition) is 2. The van der Waals surface area contributed by atoms with Crippen molar-refractivity contribution < 1.29 is 4.79 Å². The molecule has 0 aliphatic carbocycles. The number of nitrogens with zero attached hydrogens (tertiary/aromatic N) is 1. The van der Waals surface area contributed by atoms with Crippen LogP contribution in [-0.2, 0) is 4.79 Å². The molecule has 3 fully saturated rings. The summed E-state index contributed by atoms with van der Waals surface area (Å²) in [5, 5.41) is 0. The molecule has 2 bridgehead atoms. The van der Waals surface area contributed by atoms with Gasteiger partial charge < -0.3 is 0 Å². The first-order valence-corrected chi connectivity index (χ1v) is 4.42. The summed E-state index contributed by atoms with van der Waals surface area (Å²) in [5.41, 5.74) is -0.152. The monoisotopic (exact) mass is 167 g/mol. The molecule has 3 heteroatoms. The van der Waals surface area contributed by atoms with E-state index in [9.17, 15) is 4.79 Å². The van der Waals surface area contributed by atoms with E-state index in [2.05, 4.69) is 18.7 Å². The fraction of sp³-hybridized carbons (Fsp3) is 0.889. The van der Waals surface area contributed by atoms with Crippen molar-refractivity contribution in [3.05, 3.63) is 0 Å². The molecule has 3 aliphatic heterocycles. The Kier molecular flexibility index (Phi) is 2.34. The van der Waals surface area contributed by atoms with Gasteiger partial charge in [-0.25, -0.2) is 0 Å². The first kappa shape index (κ1) is 9.78. The van der Waals surface area contributed by atoms with E-state index in [0.29, 0.717) is 11.7 Å². The smallest absolute Gasteiger partial charge is 0.155 e. The fourth-order valence-electron chi connectivity index (χ4n) is 2.36. The van der Waals surface area contributed by atoms with Gasteiger partial charge in [0.2, 0.25) is 0 Å². The molecule has 0 saturated carbocycles. The highest BCUT2D eigenvalue weighted by atomic mass is 16.1. The number of hydrogen-bond donors (Lipinski definition) is 0. The zero-order valence-electron chi connectivity index (χ0n) is 7.26. The lowest BCUT2D eigenvalue weighted by atomic mass is 9.75. The summed E-state index contributed by atoms with van der Waals surface area (Å²) < 4.78 is 0. The van der Waals surface area contributed by atoms with E-state index in [0.717, 1.165) is 25.9 Å². The molecule has 3 saturated heterocycles. The van der Waals surface area contributed by atoms with Crippen LogP contribution in [0, 0.1) is 5.92 Å². The van der Waals surface area contributed by atoms with Crippen LogP contribution in [0.4, 0.5) is 0 Å². The van der Waals surface area contributed by atoms with E-state index in [1.165, 1.54) is 0 Å². The summed E-state index contributed by atoms with van der Waals surface area (Å²) in [6, 6.07) is 0. The molecule has 0 radical (unpaired) electrons. The minimum atomic E-state index is -0.152. The maximum atomic E-state index is 11.7. The summed E-state index contributed by atoms with van der Waals surface area (Å²) >= 11 is 0. The standard InChI is InChI=1S/C9H15NO.BH3/c1-9(2)8(11)7-3-5-10(9)6-4-7;/h7H,3-6H2,1-2H3;1H3. The lowest BCUT2D eigenvalue weighted by molar-refractivity contribution is -0.144. The minimum absolute atomic E-state index is 0. The molecule has 0 amide bonds. The average molecular weight is 167 g/mol. The van der Waals surface area contributed by atoms with Crippen molar-refractivity contribution in [2.75, 3.05) is 13.1 Å². The molecule has 0 atom stereocenters. The van der Waals surface area contributed by atoms with Crippen molar-refractivity contribution in [1.82, 2.24) is 4.90 Å². The third-order valence-corrected chi connectivity index (χ3v) is 3.26. The molecule has 3 heterocycles. The van der Waals surface area contributed by atoms with Crippen LogP contribution in [0.15, 0.2) is 0 Å². The molecule has 12 heavy (non-hydrogen) atoms. The van der Waals surface area contributed by atoms with Crippen LogP contribution >= 0.6 is 0 Å². The van der Waals surface area contributed by atoms with E-state index in [-0.39, 0.29) is 14.0 Å². The van der Waals surface area contributed by atoms with Crippen LogP contribution in [0.2, 0.25) is 0 Å². The van der Waals surface area contributed by atoms with Gasteiger partial charge in [-0.15, -0.1) is 0 Å². The van der Waals surface area contributed by atoms with Crippen molar-refractivity contribution >= 4 is 14.2 Å². The number of ketones is 1. The predicted molar refractivity (Wildman–Crippen MR) is 53.3 cm³/mol. The molecule has 3 rings (SSSR count). The van der Waals surface area contributed by atoms with Gasteiger partial charge >= 0.3 is 0 Å². The Morgan fingerprint density at radius 3 is 2.08 bits per heavy atom. The van der Waals surface area contributed by atoms with Gasteiger partial charge in [-0.3, -0.25) is 9.69 Å². The topological polar surface area (TPSA) is 20.3 Å². The van der Waals surface area contributed by atoms with Gasteiger partial charge in [-0.05, 0) is 39.8 Å². The van der Waals surface area contributed by atoms with E-state index >= 15 is 0 Å². The number of rotatable bonds is 0. The molecule has 0 N–H and O–H groups in total. The fourth-order valence-corrected chi connectivity index (χ4v) is 2.36. The molecular weight excluding hydrogens is 149 g/mol. The van der Waals surface area contributed by atoms with Crippen LogP contribution in [0.5, 0.6) is 0 Å². The summed E-state index contributed by atoms with van der Waals surface area (Å²) in [5.74, 6) is 0.852. The Balaban J connectivity index is 0.000000720. The van der Waals surface area contributed by atoms with Crippen molar-refractivity contribution in [2.24, 2.45) is 5.92 Å². The second kappa shape index (κ2) is 2.88. The Morgan fingerprint density at radius 1 is 1.33 bits per heavy atom. The second-order valence-corrected chi connectivity index (χ2v) is 4.18. The van der Waals surface area contributed by atoms with Crippen LogP contribution in [0.1, 0.15) is 26.7 Å². The van der Waals surface area contributed by atoms with E-state index in [1.807, 2.05) is 0 Å². The second-order valence-electron chi connectivity index (χ2n) is 4.18. The zero-order chi connectivity index (χ0) is 8.06. The number of piperidine rings is 3. The Bertz CT molecular complexity index is 195. The average Bonchev–Trinajstić information content (AvgIpc) is 2.01. The molecule has 2 nitrogen and oxygen atoms in total. The van der Waals surface area contributed by atoms with Gasteiger partial charge in [0.15, 0.2) is 5.78 Å². The molecule has 0 spiro atoms. The first-order chi connectivity index (χ1) is 5.12. The van der Waals surface area contributed by atoms with Gasteiger partial charge in [-0.2, -0.15) is 0 Å². The lowest BCUT2D eigenvalue weighted by Crippen LogP contribution is -2.61. The van der Waals surface area contributed by atoms with Gasteiger partial charge in [0, 0.05) is 5.92 Å². The molecule has 0 aromatic rings. The lowest BCUT2D eigenvalue weighted by Gasteiger charge is -2.49. The Labute approximate surface area is 75.9 Å². The van der Waals surface area contributed by atoms with E-state index < -0.39 is 0 Å². The molecule has 0 unspecified atom stereocenters. The van der Waals surface area contributed by atoms with Gasteiger partial charge in [0.1, 0.15) is 0 Å². The van der Waals surface area contributed by atoms with Crippen molar-refractivity contribution in [3.8, 4) is 0 Å². The van der Waals surface area contributed by atoms with Crippen LogP contribution in [0.3, 0.4) is 0 Å². The highest BCUT2D eigenvalue weighted by molar-refractivity contribution is 5.91. The quantitative estimate of drug-likeness (QED) is 0.468. The summed E-state index contributed by atoms with van der Waals surface area (Å²) in [6.07, 6.45) is 2.20. The van der Waals surface area contributed by atoms with Crippen LogP contribution in [0.25, 0.3) is 0 Å². The number of fused-ring (bicyclic) bond motifs is 3. The largest absolute Gasteiger partial charge is 0.297 e. The highest BCUT2D eigenvalue weighted by Gasteiger charge is 2.46. The predicted octanol–water partition coefficient (Wildman–Crippen LogP) is -0.124. The maximum Gasteiger partial charge on any atom is 0.155 e. The summed E-state index contributed by atoms with van der Waals surface area (Å²) in [6.45, 7) is 6.37. The maximum absolute atomic E-state index is 11.7. The molecule has 0 aromatic heterocycles. The molecule has 68 valence electrons. The van der Waals surface area contributed by atoms with Crippen molar-refractivity contribution in [2.45, 2.75) is 32.2 Å². The van der Waals surface area contributed by atoms with Crippen LogP contribution in [-0.4, -0.2) is 37.7 Å². The molecule has 3 aliphatic rings. The van der Waals surface area contributed by atoms with Gasteiger partial charge in [-0.1, -0.05) is 0 Å². The van der Waals surface area contributed by atoms with E-state index in [4.69, 9.17) is 0 Å². The number of carbonyl (C=O) groups excluding carboxylic acids is 1. The van der Waals surface area contributed by atoms with Crippen molar-refractivity contribution in [1.29, 1.82) is 0 Å². The minimum Gasteiger partial charge on any atom is -0.297 e. The third kappa shape index (κ3) is 1.11. The SMILES string of the molecule is B.CC1(C)C(=O)C2CCN1CC2. The van der Waals surface area contributed by atoms with Crippen LogP contribution < -0.4 is 0 Å². The first-order valence-electron chi connectivity index (χ1n) is 4.42. The molecule has 0 aromatic carbocycles. The van der Waals surface area contributed by atoms with Gasteiger partial charge in [0.25, 0.3) is 0 Å². The normalized spacial score (nSPS) is 37.7. The number of carbonyl (C=O) groups is 1. The van der Waals surface area contributed by atoms with Gasteiger partial charge in [0.05, 0.1) is 14.0 Å². The summed E-state index contributed by atoms with van der Waals surface area (Å²) in [4.78, 5) is 14.0. The number of Topliss-reactive ketones (excluding diaryl/α,β-unsaturated/α-hetero) is 1. The Hall–Kier alpha value is -0.305. The van der Waals surface area contributed by atoms with Crippen molar-refractivity contribution in [3.63, 3.8) is 0 Å². The highest BCUT2D eigenvalue weighted by Crippen LogP contribution is 2.35. The zero-order valence-corrected chi connectivity index (χ0v) is 7.26. The molecular formula is C9H18BNO. The summed E-state index contributed by atoms with van der Waals surface area (Å²) in [7, 11) is 0. The van der Waals surface area contributed by atoms with E-state index in [1.54, 1.807) is 0 Å².